The van der Waals surface area contributed by atoms with Crippen LogP contribution < -0.4 is 0 Å². The molecular formula is C23H36O5. The minimum atomic E-state index is -0.413. The molecule has 6 fully saturated rings. The standard InChI is InChI=1S/C23H36O5/c1-20-7-8-22(25-9-10-26-22)14-18(20)19(24)13-15-16(20)3-5-21(2)17(15)4-6-23(21)27-11-12-28-23/h15-19,24H,3-14H2,1-2H3/t15-,16+,17+,18-,19+,20-,21+/m0/s1. The Bertz CT molecular complexity index is 639. The molecule has 2 heterocycles. The zero-order valence-corrected chi connectivity index (χ0v) is 17.5. The minimum absolute atomic E-state index is 0.0984. The molecule has 7 atom stereocenters. The Kier molecular flexibility index (Phi) is 3.94. The maximum Gasteiger partial charge on any atom is 0.174 e. The van der Waals surface area contributed by atoms with Gasteiger partial charge in [0.05, 0.1) is 32.5 Å². The molecule has 2 saturated heterocycles. The van der Waals surface area contributed by atoms with Crippen LogP contribution in [0, 0.1) is 34.5 Å². The summed E-state index contributed by atoms with van der Waals surface area (Å²) in [6, 6.07) is 0. The van der Waals surface area contributed by atoms with Crippen LogP contribution in [-0.4, -0.2) is 49.2 Å². The Hall–Kier alpha value is -0.200. The summed E-state index contributed by atoms with van der Waals surface area (Å²) in [6.07, 6.45) is 8.27. The van der Waals surface area contributed by atoms with E-state index in [1.54, 1.807) is 0 Å². The quantitative estimate of drug-likeness (QED) is 0.684. The molecule has 2 spiro atoms. The van der Waals surface area contributed by atoms with E-state index in [0.29, 0.717) is 36.9 Å². The third kappa shape index (κ3) is 2.21. The Morgan fingerprint density at radius 2 is 1.43 bits per heavy atom. The summed E-state index contributed by atoms with van der Waals surface area (Å²) in [5, 5.41) is 11.3. The van der Waals surface area contributed by atoms with Gasteiger partial charge in [-0.25, -0.2) is 0 Å². The Morgan fingerprint density at radius 1 is 0.750 bits per heavy atom. The van der Waals surface area contributed by atoms with Crippen LogP contribution in [0.1, 0.15) is 65.2 Å². The van der Waals surface area contributed by atoms with Gasteiger partial charge in [0.15, 0.2) is 11.6 Å². The summed E-state index contributed by atoms with van der Waals surface area (Å²) < 4.78 is 24.6. The van der Waals surface area contributed by atoms with E-state index < -0.39 is 5.79 Å². The maximum atomic E-state index is 11.3. The van der Waals surface area contributed by atoms with Gasteiger partial charge in [-0.3, -0.25) is 0 Å². The van der Waals surface area contributed by atoms with Crippen molar-refractivity contribution in [3.8, 4) is 0 Å². The lowest BCUT2D eigenvalue weighted by Gasteiger charge is -2.63. The summed E-state index contributed by atoms with van der Waals surface area (Å²) in [4.78, 5) is 0. The molecule has 4 saturated carbocycles. The number of ether oxygens (including phenoxy) is 4. The van der Waals surface area contributed by atoms with Crippen molar-refractivity contribution in [1.29, 1.82) is 0 Å². The topological polar surface area (TPSA) is 57.2 Å². The predicted octanol–water partition coefficient (Wildman–Crippen LogP) is 3.49. The second-order valence-corrected chi connectivity index (χ2v) is 11.0. The van der Waals surface area contributed by atoms with Crippen molar-refractivity contribution >= 4 is 0 Å². The predicted molar refractivity (Wildman–Crippen MR) is 102 cm³/mol. The van der Waals surface area contributed by atoms with Gasteiger partial charge >= 0.3 is 0 Å². The van der Waals surface area contributed by atoms with Crippen LogP contribution in [0.2, 0.25) is 0 Å². The molecule has 2 aliphatic heterocycles. The van der Waals surface area contributed by atoms with Crippen LogP contribution in [0.25, 0.3) is 0 Å². The van der Waals surface area contributed by atoms with Crippen molar-refractivity contribution in [2.24, 2.45) is 34.5 Å². The van der Waals surface area contributed by atoms with Crippen LogP contribution in [0.4, 0.5) is 0 Å². The minimum Gasteiger partial charge on any atom is -0.393 e. The first-order valence-electron chi connectivity index (χ1n) is 11.7. The van der Waals surface area contributed by atoms with E-state index in [9.17, 15) is 5.11 Å². The highest BCUT2D eigenvalue weighted by Gasteiger charge is 2.69. The van der Waals surface area contributed by atoms with E-state index in [1.807, 2.05) is 0 Å². The van der Waals surface area contributed by atoms with Gasteiger partial charge in [0.2, 0.25) is 0 Å². The number of rotatable bonds is 0. The van der Waals surface area contributed by atoms with Crippen LogP contribution >= 0.6 is 0 Å². The van der Waals surface area contributed by atoms with E-state index in [2.05, 4.69) is 13.8 Å². The number of fused-ring (bicyclic) bond motifs is 6. The van der Waals surface area contributed by atoms with Crippen LogP contribution in [-0.2, 0) is 18.9 Å². The van der Waals surface area contributed by atoms with Crippen molar-refractivity contribution in [2.75, 3.05) is 26.4 Å². The number of hydrogen-bond donors (Lipinski definition) is 1. The second kappa shape index (κ2) is 5.94. The first kappa shape index (κ1) is 18.6. The normalized spacial score (nSPS) is 53.9. The molecule has 5 nitrogen and oxygen atoms in total. The molecule has 0 amide bonds. The molecule has 0 bridgehead atoms. The van der Waals surface area contributed by atoms with Crippen LogP contribution in [0.3, 0.4) is 0 Å². The molecular weight excluding hydrogens is 356 g/mol. The first-order chi connectivity index (χ1) is 13.4. The van der Waals surface area contributed by atoms with E-state index in [-0.39, 0.29) is 22.7 Å². The summed E-state index contributed by atoms with van der Waals surface area (Å²) >= 11 is 0. The largest absolute Gasteiger partial charge is 0.393 e. The zero-order valence-electron chi connectivity index (χ0n) is 17.5. The molecule has 158 valence electrons. The molecule has 28 heavy (non-hydrogen) atoms. The molecule has 0 aromatic rings. The van der Waals surface area contributed by atoms with Gasteiger partial charge in [0.1, 0.15) is 0 Å². The third-order valence-electron chi connectivity index (χ3n) is 10.3. The fourth-order valence-electron chi connectivity index (χ4n) is 8.87. The SMILES string of the molecule is C[C@@]12CCC3(C[C@H]1[C@H](O)C[C@H]1[C@H]2CC[C@]2(C)[C@@H]1CCC21OCCO1)OCCO3. The Labute approximate surface area is 168 Å². The van der Waals surface area contributed by atoms with Crippen LogP contribution in [0.5, 0.6) is 0 Å². The summed E-state index contributed by atoms with van der Waals surface area (Å²) in [7, 11) is 0. The summed E-state index contributed by atoms with van der Waals surface area (Å²) in [6.45, 7) is 7.77. The highest BCUT2D eigenvalue weighted by molar-refractivity contribution is 5.14. The van der Waals surface area contributed by atoms with Crippen molar-refractivity contribution < 1.29 is 24.1 Å². The van der Waals surface area contributed by atoms with E-state index in [1.165, 1.54) is 19.3 Å². The van der Waals surface area contributed by atoms with Crippen LogP contribution in [0.15, 0.2) is 0 Å². The van der Waals surface area contributed by atoms with E-state index >= 15 is 0 Å². The van der Waals surface area contributed by atoms with Crippen molar-refractivity contribution in [3.63, 3.8) is 0 Å². The molecule has 1 N–H and O–H groups in total. The molecule has 0 aromatic carbocycles. The molecule has 5 heteroatoms. The monoisotopic (exact) mass is 392 g/mol. The van der Waals surface area contributed by atoms with Gasteiger partial charge < -0.3 is 24.1 Å². The lowest BCUT2D eigenvalue weighted by atomic mass is 9.44. The number of aliphatic hydroxyl groups is 1. The highest BCUT2D eigenvalue weighted by Crippen LogP contribution is 2.70. The molecule has 0 radical (unpaired) electrons. The fraction of sp³-hybridized carbons (Fsp3) is 1.00. The fourth-order valence-corrected chi connectivity index (χ4v) is 8.87. The Morgan fingerprint density at radius 3 is 2.18 bits per heavy atom. The van der Waals surface area contributed by atoms with Crippen molar-refractivity contribution in [3.05, 3.63) is 0 Å². The van der Waals surface area contributed by atoms with Gasteiger partial charge in [-0.2, -0.15) is 0 Å². The number of hydrogen-bond acceptors (Lipinski definition) is 5. The number of aliphatic hydroxyl groups excluding tert-OH is 1. The first-order valence-corrected chi connectivity index (χ1v) is 11.7. The second-order valence-electron chi connectivity index (χ2n) is 11.0. The van der Waals surface area contributed by atoms with Gasteiger partial charge in [-0.1, -0.05) is 13.8 Å². The lowest BCUT2D eigenvalue weighted by molar-refractivity contribution is -0.269. The van der Waals surface area contributed by atoms with Crippen molar-refractivity contribution in [1.82, 2.24) is 0 Å². The molecule has 6 rings (SSSR count). The molecule has 4 aliphatic carbocycles. The maximum absolute atomic E-state index is 11.3. The lowest BCUT2D eigenvalue weighted by Crippen LogP contribution is -2.61. The third-order valence-corrected chi connectivity index (χ3v) is 10.3. The average Bonchev–Trinajstić information content (AvgIpc) is 3.39. The van der Waals surface area contributed by atoms with Gasteiger partial charge in [-0.15, -0.1) is 0 Å². The molecule has 0 aromatic heterocycles. The Balaban J connectivity index is 1.31. The van der Waals surface area contributed by atoms with Gasteiger partial charge in [0, 0.05) is 24.7 Å². The smallest absolute Gasteiger partial charge is 0.174 e. The zero-order chi connectivity index (χ0) is 19.2. The average molecular weight is 393 g/mol. The molecule has 0 unspecified atom stereocenters. The molecule has 6 aliphatic rings. The van der Waals surface area contributed by atoms with E-state index in [0.717, 1.165) is 45.3 Å². The van der Waals surface area contributed by atoms with Gasteiger partial charge in [0.25, 0.3) is 0 Å². The van der Waals surface area contributed by atoms with Gasteiger partial charge in [-0.05, 0) is 61.2 Å². The summed E-state index contributed by atoms with van der Waals surface area (Å²) in [5.41, 5.74) is 0.290. The highest BCUT2D eigenvalue weighted by atomic mass is 16.7. The van der Waals surface area contributed by atoms with E-state index in [4.69, 9.17) is 18.9 Å². The van der Waals surface area contributed by atoms with Crippen molar-refractivity contribution in [2.45, 2.75) is 82.9 Å². The summed E-state index contributed by atoms with van der Waals surface area (Å²) in [5.74, 6) is 1.40.